The van der Waals surface area contributed by atoms with Gasteiger partial charge >= 0.3 is 6.03 Å². The van der Waals surface area contributed by atoms with E-state index in [9.17, 15) is 9.59 Å². The summed E-state index contributed by atoms with van der Waals surface area (Å²) in [6.07, 6.45) is 3.44. The van der Waals surface area contributed by atoms with E-state index in [1.165, 1.54) is 6.20 Å². The molecule has 9 nitrogen and oxygen atoms in total. The van der Waals surface area contributed by atoms with Crippen molar-refractivity contribution in [1.82, 2.24) is 14.8 Å². The van der Waals surface area contributed by atoms with Crippen molar-refractivity contribution in [3.63, 3.8) is 0 Å². The number of rotatable bonds is 7. The fourth-order valence-electron chi connectivity index (χ4n) is 3.63. The lowest BCUT2D eigenvalue weighted by atomic mass is 9.98. The molecule has 1 saturated heterocycles. The quantitative estimate of drug-likeness (QED) is 0.627. The average Bonchev–Trinajstić information content (AvgIpc) is 2.77. The molecule has 1 aliphatic heterocycles. The number of likely N-dealkylation sites (tertiary alicyclic amines) is 1. The molecule has 1 aromatic heterocycles. The van der Waals surface area contributed by atoms with Crippen LogP contribution in [-0.4, -0.2) is 67.6 Å². The van der Waals surface area contributed by atoms with Crippen LogP contribution < -0.4 is 21.1 Å². The Morgan fingerprint density at radius 3 is 2.68 bits per heavy atom. The number of carbonyl (C=O) groups excluding carboxylic acids is 2. The number of methoxy groups -OCH3 is 1. The average molecular weight is 427 g/mol. The summed E-state index contributed by atoms with van der Waals surface area (Å²) in [4.78, 5) is 31.9. The van der Waals surface area contributed by atoms with Gasteiger partial charge in [0.05, 0.1) is 18.4 Å². The molecule has 0 bridgehead atoms. The number of nitrogens with two attached hydrogens (primary N) is 1. The molecule has 1 aromatic carbocycles. The maximum absolute atomic E-state index is 12.3. The minimum Gasteiger partial charge on any atom is -0.497 e. The zero-order chi connectivity index (χ0) is 22.4. The number of benzene rings is 1. The molecular weight excluding hydrogens is 396 g/mol. The van der Waals surface area contributed by atoms with Crippen LogP contribution in [0.4, 0.5) is 22.0 Å². The Labute approximate surface area is 182 Å². The number of piperidine rings is 1. The Morgan fingerprint density at radius 1 is 1.29 bits per heavy atom. The second kappa shape index (κ2) is 10.0. The van der Waals surface area contributed by atoms with Crippen LogP contribution in [0, 0.1) is 5.92 Å². The van der Waals surface area contributed by atoms with Crippen LogP contribution in [0.1, 0.15) is 23.2 Å². The van der Waals surface area contributed by atoms with Gasteiger partial charge in [-0.1, -0.05) is 0 Å². The topological polar surface area (TPSA) is 113 Å². The predicted molar refractivity (Wildman–Crippen MR) is 121 cm³/mol. The highest BCUT2D eigenvalue weighted by molar-refractivity contribution is 5.98. The number of carbonyl (C=O) groups is 2. The first-order valence-corrected chi connectivity index (χ1v) is 10.3. The molecule has 1 unspecified atom stereocenters. The van der Waals surface area contributed by atoms with Crippen molar-refractivity contribution in [2.24, 2.45) is 11.7 Å². The SMILES string of the molecule is COc1ccc(Nc2cc(NCC3CCCN(C(=O)N(C)C)C3)c(C(N)=O)cn2)cc1. The molecule has 3 amide bonds. The van der Waals surface area contributed by atoms with Crippen LogP contribution in [0.25, 0.3) is 0 Å². The standard InChI is InChI=1S/C22H30N6O3/c1-27(2)22(30)28-10-4-5-15(14-28)12-24-19-11-20(25-13-18(19)21(23)29)26-16-6-8-17(31-3)9-7-16/h6-9,11,13,15H,4-5,10,12,14H2,1-3H3,(H2,23,29)(H2,24,25,26). The molecule has 0 saturated carbocycles. The Hall–Kier alpha value is -3.49. The van der Waals surface area contributed by atoms with Crippen LogP contribution >= 0.6 is 0 Å². The van der Waals surface area contributed by atoms with Gasteiger partial charge in [-0.15, -0.1) is 0 Å². The van der Waals surface area contributed by atoms with Crippen molar-refractivity contribution in [3.05, 3.63) is 42.1 Å². The minimum absolute atomic E-state index is 0.0254. The monoisotopic (exact) mass is 426 g/mol. The number of nitrogens with zero attached hydrogens (tertiary/aromatic N) is 3. The third-order valence-electron chi connectivity index (χ3n) is 5.29. The zero-order valence-electron chi connectivity index (χ0n) is 18.2. The molecule has 9 heteroatoms. The summed E-state index contributed by atoms with van der Waals surface area (Å²) in [5, 5.41) is 6.56. The van der Waals surface area contributed by atoms with E-state index in [-0.39, 0.29) is 11.9 Å². The van der Waals surface area contributed by atoms with Crippen molar-refractivity contribution in [1.29, 1.82) is 0 Å². The lowest BCUT2D eigenvalue weighted by Gasteiger charge is -2.34. The maximum atomic E-state index is 12.3. The zero-order valence-corrected chi connectivity index (χ0v) is 18.2. The molecule has 3 rings (SSSR count). The fourth-order valence-corrected chi connectivity index (χ4v) is 3.63. The molecule has 0 aliphatic carbocycles. The molecule has 1 atom stereocenters. The summed E-state index contributed by atoms with van der Waals surface area (Å²) >= 11 is 0. The van der Waals surface area contributed by atoms with E-state index in [2.05, 4.69) is 15.6 Å². The molecule has 31 heavy (non-hydrogen) atoms. The number of ether oxygens (including phenoxy) is 1. The second-order valence-electron chi connectivity index (χ2n) is 7.85. The fraction of sp³-hybridized carbons (Fsp3) is 0.409. The number of primary amides is 1. The van der Waals surface area contributed by atoms with Gasteiger partial charge in [0.15, 0.2) is 0 Å². The number of pyridine rings is 1. The van der Waals surface area contributed by atoms with Gasteiger partial charge in [-0.2, -0.15) is 0 Å². The first-order chi connectivity index (χ1) is 14.9. The van der Waals surface area contributed by atoms with Crippen molar-refractivity contribution in [2.45, 2.75) is 12.8 Å². The molecule has 1 aliphatic rings. The summed E-state index contributed by atoms with van der Waals surface area (Å²) in [5.74, 6) is 1.09. The number of anilines is 3. The molecule has 0 spiro atoms. The van der Waals surface area contributed by atoms with Gasteiger partial charge in [-0.3, -0.25) is 4.79 Å². The number of urea groups is 1. The Balaban J connectivity index is 1.69. The van der Waals surface area contributed by atoms with Crippen molar-refractivity contribution in [3.8, 4) is 5.75 Å². The third kappa shape index (κ3) is 5.78. The van der Waals surface area contributed by atoms with Crippen LogP contribution in [0.2, 0.25) is 0 Å². The van der Waals surface area contributed by atoms with E-state index in [1.54, 1.807) is 32.2 Å². The summed E-state index contributed by atoms with van der Waals surface area (Å²) in [6, 6.07) is 9.27. The Kier molecular flexibility index (Phi) is 7.17. The van der Waals surface area contributed by atoms with E-state index in [0.29, 0.717) is 30.2 Å². The van der Waals surface area contributed by atoms with E-state index >= 15 is 0 Å². The van der Waals surface area contributed by atoms with Crippen LogP contribution in [0.3, 0.4) is 0 Å². The van der Waals surface area contributed by atoms with E-state index in [0.717, 1.165) is 30.8 Å². The normalized spacial score (nSPS) is 15.8. The molecule has 2 heterocycles. The summed E-state index contributed by atoms with van der Waals surface area (Å²) in [7, 11) is 5.14. The van der Waals surface area contributed by atoms with Crippen molar-refractivity contribution >= 4 is 29.1 Å². The maximum Gasteiger partial charge on any atom is 0.319 e. The van der Waals surface area contributed by atoms with Crippen LogP contribution in [0.5, 0.6) is 5.75 Å². The van der Waals surface area contributed by atoms with Gasteiger partial charge in [0.1, 0.15) is 11.6 Å². The number of nitrogens with one attached hydrogen (secondary N) is 2. The second-order valence-corrected chi connectivity index (χ2v) is 7.85. The molecule has 0 radical (unpaired) electrons. The third-order valence-corrected chi connectivity index (χ3v) is 5.29. The molecule has 4 N–H and O–H groups in total. The van der Waals surface area contributed by atoms with E-state index < -0.39 is 5.91 Å². The highest BCUT2D eigenvalue weighted by Gasteiger charge is 2.25. The first kappa shape index (κ1) is 22.2. The molecular formula is C22H30N6O3. The largest absolute Gasteiger partial charge is 0.497 e. The molecule has 1 fully saturated rings. The van der Waals surface area contributed by atoms with E-state index in [1.807, 2.05) is 29.2 Å². The Morgan fingerprint density at radius 2 is 2.03 bits per heavy atom. The van der Waals surface area contributed by atoms with Gasteiger partial charge in [-0.25, -0.2) is 9.78 Å². The number of hydrogen-bond acceptors (Lipinski definition) is 6. The van der Waals surface area contributed by atoms with Crippen molar-refractivity contribution < 1.29 is 14.3 Å². The lowest BCUT2D eigenvalue weighted by molar-refractivity contribution is 0.100. The number of aromatic nitrogens is 1. The van der Waals surface area contributed by atoms with Gasteiger partial charge < -0.3 is 30.9 Å². The highest BCUT2D eigenvalue weighted by Crippen LogP contribution is 2.24. The smallest absolute Gasteiger partial charge is 0.319 e. The predicted octanol–water partition coefficient (Wildman–Crippen LogP) is 2.74. The van der Waals surface area contributed by atoms with Gasteiger partial charge in [0.2, 0.25) is 0 Å². The summed E-state index contributed by atoms with van der Waals surface area (Å²) < 4.78 is 5.17. The molecule has 2 aromatic rings. The lowest BCUT2D eigenvalue weighted by Crippen LogP contribution is -2.46. The number of hydrogen-bond donors (Lipinski definition) is 3. The molecule has 166 valence electrons. The van der Waals surface area contributed by atoms with Crippen LogP contribution in [-0.2, 0) is 0 Å². The summed E-state index contributed by atoms with van der Waals surface area (Å²) in [5.41, 5.74) is 7.34. The van der Waals surface area contributed by atoms with Gasteiger partial charge in [0.25, 0.3) is 5.91 Å². The number of amides is 3. The van der Waals surface area contributed by atoms with Gasteiger partial charge in [0, 0.05) is 51.7 Å². The van der Waals surface area contributed by atoms with Crippen LogP contribution in [0.15, 0.2) is 36.5 Å². The minimum atomic E-state index is -0.543. The first-order valence-electron chi connectivity index (χ1n) is 10.3. The van der Waals surface area contributed by atoms with Crippen molar-refractivity contribution in [2.75, 3.05) is 51.5 Å². The summed E-state index contributed by atoms with van der Waals surface area (Å²) in [6.45, 7) is 2.08. The van der Waals surface area contributed by atoms with Gasteiger partial charge in [-0.05, 0) is 43.0 Å². The van der Waals surface area contributed by atoms with E-state index in [4.69, 9.17) is 10.5 Å². The Bertz CT molecular complexity index is 916. The highest BCUT2D eigenvalue weighted by atomic mass is 16.5.